The summed E-state index contributed by atoms with van der Waals surface area (Å²) in [7, 11) is -1.10. The summed E-state index contributed by atoms with van der Waals surface area (Å²) in [4.78, 5) is 19.1. The van der Waals surface area contributed by atoms with Gasteiger partial charge in [0, 0.05) is 39.0 Å². The highest BCUT2D eigenvalue weighted by molar-refractivity contribution is 7.91. The topological polar surface area (TPSA) is 84.3 Å². The molecule has 1 saturated carbocycles. The van der Waals surface area contributed by atoms with Crippen molar-refractivity contribution in [1.29, 1.82) is 0 Å². The van der Waals surface area contributed by atoms with Crippen LogP contribution in [-0.4, -0.2) is 59.9 Å². The van der Waals surface area contributed by atoms with E-state index in [9.17, 15) is 13.2 Å². The van der Waals surface area contributed by atoms with Crippen LogP contribution in [0.15, 0.2) is 6.33 Å². The standard InChI is InChI=1S/C16H26N4O3S/c1-3-24(22,23)7-6-20-9-13(16(21)17-8-12-4-5-12)15-14(10-20)18-11-19(15)2/h11-13H,3-10H2,1-2H3,(H,17,21). The SMILES string of the molecule is CCS(=O)(=O)CCN1Cc2ncn(C)c2C(C(=O)NCC2CC2)C1. The second-order valence-electron chi connectivity index (χ2n) is 6.90. The summed E-state index contributed by atoms with van der Waals surface area (Å²) in [6.07, 6.45) is 4.13. The molecule has 1 amide bonds. The third-order valence-electron chi connectivity index (χ3n) is 4.94. The van der Waals surface area contributed by atoms with E-state index in [1.54, 1.807) is 13.3 Å². The second kappa shape index (κ2) is 6.84. The van der Waals surface area contributed by atoms with E-state index in [0.717, 1.165) is 17.9 Å². The highest BCUT2D eigenvalue weighted by atomic mass is 32.2. The molecule has 7 nitrogen and oxygen atoms in total. The van der Waals surface area contributed by atoms with E-state index < -0.39 is 9.84 Å². The van der Waals surface area contributed by atoms with Gasteiger partial charge in [-0.1, -0.05) is 6.92 Å². The number of hydrogen-bond donors (Lipinski definition) is 1. The van der Waals surface area contributed by atoms with Crippen molar-refractivity contribution >= 4 is 15.7 Å². The zero-order valence-corrected chi connectivity index (χ0v) is 15.2. The molecule has 3 rings (SSSR count). The van der Waals surface area contributed by atoms with Gasteiger partial charge in [0.1, 0.15) is 0 Å². The van der Waals surface area contributed by atoms with Crippen LogP contribution in [0.3, 0.4) is 0 Å². The molecule has 1 unspecified atom stereocenters. The number of amides is 1. The maximum absolute atomic E-state index is 12.6. The van der Waals surface area contributed by atoms with Crippen molar-refractivity contribution in [2.24, 2.45) is 13.0 Å². The number of nitrogens with zero attached hydrogens (tertiary/aromatic N) is 3. The maximum Gasteiger partial charge on any atom is 0.230 e. The highest BCUT2D eigenvalue weighted by Crippen LogP contribution is 2.30. The number of carbonyl (C=O) groups excluding carboxylic acids is 1. The molecule has 0 saturated heterocycles. The van der Waals surface area contributed by atoms with E-state index in [1.807, 2.05) is 16.5 Å². The minimum Gasteiger partial charge on any atom is -0.355 e. The molecule has 134 valence electrons. The van der Waals surface area contributed by atoms with Crippen LogP contribution in [0.1, 0.15) is 37.1 Å². The predicted octanol–water partition coefficient (Wildman–Crippen LogP) is 0.280. The van der Waals surface area contributed by atoms with Crippen LogP contribution in [0.2, 0.25) is 0 Å². The van der Waals surface area contributed by atoms with Crippen molar-refractivity contribution in [3.05, 3.63) is 17.7 Å². The first-order valence-corrected chi connectivity index (χ1v) is 10.4. The van der Waals surface area contributed by atoms with Gasteiger partial charge < -0.3 is 9.88 Å². The molecular weight excluding hydrogens is 328 g/mol. The molecule has 2 aliphatic rings. The lowest BCUT2D eigenvalue weighted by Gasteiger charge is -2.32. The third-order valence-corrected chi connectivity index (χ3v) is 6.63. The molecule has 0 bridgehead atoms. The van der Waals surface area contributed by atoms with E-state index in [4.69, 9.17) is 0 Å². The zero-order chi connectivity index (χ0) is 17.3. The largest absolute Gasteiger partial charge is 0.355 e. The first-order chi connectivity index (χ1) is 11.4. The first-order valence-electron chi connectivity index (χ1n) is 8.60. The molecule has 0 spiro atoms. The van der Waals surface area contributed by atoms with Crippen LogP contribution in [0, 0.1) is 5.92 Å². The molecule has 2 heterocycles. The summed E-state index contributed by atoms with van der Waals surface area (Å²) in [5.41, 5.74) is 1.84. The van der Waals surface area contributed by atoms with E-state index in [0.29, 0.717) is 25.6 Å². The lowest BCUT2D eigenvalue weighted by Crippen LogP contribution is -2.43. The number of aryl methyl sites for hydroxylation is 1. The highest BCUT2D eigenvalue weighted by Gasteiger charge is 2.34. The van der Waals surface area contributed by atoms with Crippen molar-refractivity contribution in [3.8, 4) is 0 Å². The quantitative estimate of drug-likeness (QED) is 0.760. The van der Waals surface area contributed by atoms with Gasteiger partial charge in [-0.15, -0.1) is 0 Å². The normalized spacial score (nSPS) is 21.5. The number of rotatable bonds is 7. The average molecular weight is 354 g/mol. The molecule has 0 radical (unpaired) electrons. The summed E-state index contributed by atoms with van der Waals surface area (Å²) < 4.78 is 25.4. The Kier molecular flexibility index (Phi) is 4.96. The number of sulfone groups is 1. The maximum atomic E-state index is 12.6. The van der Waals surface area contributed by atoms with Gasteiger partial charge in [0.15, 0.2) is 9.84 Å². The van der Waals surface area contributed by atoms with Gasteiger partial charge in [-0.25, -0.2) is 13.4 Å². The van der Waals surface area contributed by atoms with Crippen molar-refractivity contribution in [2.75, 3.05) is 31.1 Å². The van der Waals surface area contributed by atoms with E-state index >= 15 is 0 Å². The summed E-state index contributed by atoms with van der Waals surface area (Å²) in [6, 6.07) is 0. The average Bonchev–Trinajstić information content (AvgIpc) is 3.33. The fourth-order valence-electron chi connectivity index (χ4n) is 3.16. The molecule has 1 aliphatic carbocycles. The Hall–Kier alpha value is -1.41. The molecule has 1 aromatic rings. The minimum absolute atomic E-state index is 0.0230. The number of hydrogen-bond acceptors (Lipinski definition) is 5. The fourth-order valence-corrected chi connectivity index (χ4v) is 3.98. The summed E-state index contributed by atoms with van der Waals surface area (Å²) in [5.74, 6) is 0.650. The molecule has 24 heavy (non-hydrogen) atoms. The second-order valence-corrected chi connectivity index (χ2v) is 9.37. The Morgan fingerprint density at radius 3 is 2.83 bits per heavy atom. The molecule has 1 fully saturated rings. The predicted molar refractivity (Wildman–Crippen MR) is 91.3 cm³/mol. The Labute approximate surface area is 143 Å². The number of nitrogens with one attached hydrogen (secondary N) is 1. The lowest BCUT2D eigenvalue weighted by molar-refractivity contribution is -0.123. The lowest BCUT2D eigenvalue weighted by atomic mass is 9.97. The van der Waals surface area contributed by atoms with Gasteiger partial charge in [-0.05, 0) is 18.8 Å². The fraction of sp³-hybridized carbons (Fsp3) is 0.750. The molecule has 0 aromatic carbocycles. The smallest absolute Gasteiger partial charge is 0.230 e. The van der Waals surface area contributed by atoms with Gasteiger partial charge in [-0.3, -0.25) is 9.69 Å². The van der Waals surface area contributed by atoms with E-state index in [1.165, 1.54) is 12.8 Å². The Balaban J connectivity index is 1.71. The summed E-state index contributed by atoms with van der Waals surface area (Å²) in [5, 5.41) is 3.05. The molecule has 1 aliphatic heterocycles. The Morgan fingerprint density at radius 2 is 2.17 bits per heavy atom. The first kappa shape index (κ1) is 17.4. The van der Waals surface area contributed by atoms with Crippen LogP contribution in [0.25, 0.3) is 0 Å². The minimum atomic E-state index is -3.01. The number of aromatic nitrogens is 2. The van der Waals surface area contributed by atoms with Crippen LogP contribution in [-0.2, 0) is 28.2 Å². The zero-order valence-electron chi connectivity index (χ0n) is 14.4. The molecule has 1 aromatic heterocycles. The molecule has 8 heteroatoms. The molecule has 1 atom stereocenters. The van der Waals surface area contributed by atoms with Crippen LogP contribution in [0.5, 0.6) is 0 Å². The molecule has 1 N–H and O–H groups in total. The van der Waals surface area contributed by atoms with Gasteiger partial charge in [0.25, 0.3) is 0 Å². The third kappa shape index (κ3) is 3.97. The monoisotopic (exact) mass is 354 g/mol. The van der Waals surface area contributed by atoms with Crippen molar-refractivity contribution in [2.45, 2.75) is 32.2 Å². The molecular formula is C16H26N4O3S. The number of carbonyl (C=O) groups is 1. The van der Waals surface area contributed by atoms with Crippen LogP contribution >= 0.6 is 0 Å². The van der Waals surface area contributed by atoms with E-state index in [-0.39, 0.29) is 23.3 Å². The number of fused-ring (bicyclic) bond motifs is 1. The van der Waals surface area contributed by atoms with Gasteiger partial charge in [0.2, 0.25) is 5.91 Å². The summed E-state index contributed by atoms with van der Waals surface area (Å²) in [6.45, 7) is 3.99. The number of imidazole rings is 1. The van der Waals surface area contributed by atoms with E-state index in [2.05, 4.69) is 10.3 Å². The van der Waals surface area contributed by atoms with Gasteiger partial charge in [0.05, 0.1) is 29.4 Å². The van der Waals surface area contributed by atoms with Crippen molar-refractivity contribution in [3.63, 3.8) is 0 Å². The van der Waals surface area contributed by atoms with Gasteiger partial charge in [-0.2, -0.15) is 0 Å². The van der Waals surface area contributed by atoms with Crippen molar-refractivity contribution in [1.82, 2.24) is 19.8 Å². The van der Waals surface area contributed by atoms with Crippen molar-refractivity contribution < 1.29 is 13.2 Å². The van der Waals surface area contributed by atoms with Gasteiger partial charge >= 0.3 is 0 Å². The Bertz CT molecular complexity index is 709. The van der Waals surface area contributed by atoms with Crippen LogP contribution < -0.4 is 5.32 Å². The summed E-state index contributed by atoms with van der Waals surface area (Å²) >= 11 is 0. The van der Waals surface area contributed by atoms with Crippen LogP contribution in [0.4, 0.5) is 0 Å². The Morgan fingerprint density at radius 1 is 1.42 bits per heavy atom.